The monoisotopic (exact) mass is 388 g/mol. The molecular weight excluding hydrogens is 360 g/mol. The van der Waals surface area contributed by atoms with E-state index in [0.717, 1.165) is 28.1 Å². The van der Waals surface area contributed by atoms with Gasteiger partial charge in [0.25, 0.3) is 0 Å². The van der Waals surface area contributed by atoms with Crippen LogP contribution in [0.5, 0.6) is 0 Å². The number of carbonyl (C=O) groups is 1. The molecule has 2 atom stereocenters. The molecule has 146 valence electrons. The molecule has 0 unspecified atom stereocenters. The van der Waals surface area contributed by atoms with Gasteiger partial charge in [-0.15, -0.1) is 0 Å². The number of hydrogen-bond donors (Lipinski definition) is 1. The van der Waals surface area contributed by atoms with Crippen LogP contribution < -0.4 is 9.62 Å². The van der Waals surface area contributed by atoms with Gasteiger partial charge in [-0.05, 0) is 50.5 Å². The van der Waals surface area contributed by atoms with Crippen molar-refractivity contribution in [2.45, 2.75) is 46.2 Å². The number of hydrogen-bond acceptors (Lipinski definition) is 3. The summed E-state index contributed by atoms with van der Waals surface area (Å²) < 4.78 is 25.8. The van der Waals surface area contributed by atoms with Crippen molar-refractivity contribution in [2.24, 2.45) is 0 Å². The molecule has 2 aromatic rings. The highest BCUT2D eigenvalue weighted by Gasteiger charge is 2.29. The van der Waals surface area contributed by atoms with Crippen LogP contribution in [-0.4, -0.2) is 26.6 Å². The second-order valence-corrected chi connectivity index (χ2v) is 8.76. The third-order valence-corrected chi connectivity index (χ3v) is 5.87. The molecule has 0 heterocycles. The summed E-state index contributed by atoms with van der Waals surface area (Å²) in [6, 6.07) is 14.1. The highest BCUT2D eigenvalue weighted by atomic mass is 32.2. The number of nitrogens with zero attached hydrogens (tertiary/aromatic N) is 1. The number of sulfonamides is 1. The molecule has 0 fully saturated rings. The van der Waals surface area contributed by atoms with E-state index in [1.165, 1.54) is 5.56 Å². The second kappa shape index (κ2) is 8.57. The minimum absolute atomic E-state index is 0.217. The quantitative estimate of drug-likeness (QED) is 0.788. The van der Waals surface area contributed by atoms with Gasteiger partial charge < -0.3 is 5.32 Å². The van der Waals surface area contributed by atoms with E-state index in [9.17, 15) is 13.2 Å². The minimum Gasteiger partial charge on any atom is -0.348 e. The Labute approximate surface area is 162 Å². The average molecular weight is 389 g/mol. The highest BCUT2D eigenvalue weighted by Crippen LogP contribution is 2.22. The van der Waals surface area contributed by atoms with Crippen molar-refractivity contribution in [3.63, 3.8) is 0 Å². The van der Waals surface area contributed by atoms with E-state index >= 15 is 0 Å². The van der Waals surface area contributed by atoms with E-state index in [4.69, 9.17) is 0 Å². The number of carbonyl (C=O) groups excluding carboxylic acids is 1. The van der Waals surface area contributed by atoms with E-state index in [-0.39, 0.29) is 11.9 Å². The Morgan fingerprint density at radius 1 is 1.04 bits per heavy atom. The fraction of sp³-hybridized carbons (Fsp3) is 0.381. The molecule has 0 radical (unpaired) electrons. The van der Waals surface area contributed by atoms with E-state index < -0.39 is 16.1 Å². The molecule has 0 saturated heterocycles. The van der Waals surface area contributed by atoms with Crippen LogP contribution in [0.4, 0.5) is 5.69 Å². The van der Waals surface area contributed by atoms with E-state index in [1.54, 1.807) is 19.1 Å². The summed E-state index contributed by atoms with van der Waals surface area (Å²) in [6.07, 6.45) is 2.07. The lowest BCUT2D eigenvalue weighted by Gasteiger charge is -2.29. The molecule has 0 spiro atoms. The number of benzene rings is 2. The standard InChI is InChI=1S/C21H28N2O3S/c1-6-18-9-11-19(12-10-18)16(3)22-21(24)17(4)23(27(5,25)26)20-13-7-15(2)8-14-20/h7-14,16-17H,6H2,1-5H3,(H,22,24)/t16-,17+/m0/s1. The zero-order chi connectivity index (χ0) is 20.2. The van der Waals surface area contributed by atoms with Crippen LogP contribution in [0.2, 0.25) is 0 Å². The van der Waals surface area contributed by atoms with Crippen LogP contribution in [0.25, 0.3) is 0 Å². The van der Waals surface area contributed by atoms with Crippen molar-refractivity contribution >= 4 is 21.6 Å². The summed E-state index contributed by atoms with van der Waals surface area (Å²) >= 11 is 0. The summed E-state index contributed by atoms with van der Waals surface area (Å²) in [6.45, 7) is 7.51. The minimum atomic E-state index is -3.61. The molecule has 1 N–H and O–H groups in total. The van der Waals surface area contributed by atoms with Crippen LogP contribution in [0, 0.1) is 6.92 Å². The molecule has 0 aliphatic heterocycles. The van der Waals surface area contributed by atoms with Gasteiger partial charge in [0.15, 0.2) is 0 Å². The lowest BCUT2D eigenvalue weighted by Crippen LogP contribution is -2.48. The van der Waals surface area contributed by atoms with Gasteiger partial charge in [-0.2, -0.15) is 0 Å². The molecule has 27 heavy (non-hydrogen) atoms. The predicted molar refractivity (Wildman–Crippen MR) is 110 cm³/mol. The number of amides is 1. The lowest BCUT2D eigenvalue weighted by molar-refractivity contribution is -0.122. The Balaban J connectivity index is 2.20. The van der Waals surface area contributed by atoms with E-state index in [1.807, 2.05) is 50.2 Å². The molecule has 0 bridgehead atoms. The third kappa shape index (κ3) is 5.32. The van der Waals surface area contributed by atoms with Gasteiger partial charge in [-0.3, -0.25) is 9.10 Å². The third-order valence-electron chi connectivity index (χ3n) is 4.62. The summed E-state index contributed by atoms with van der Waals surface area (Å²) in [5.41, 5.74) is 3.71. The zero-order valence-electron chi connectivity index (χ0n) is 16.6. The van der Waals surface area contributed by atoms with Gasteiger partial charge >= 0.3 is 0 Å². The van der Waals surface area contributed by atoms with Gasteiger partial charge in [0.05, 0.1) is 18.0 Å². The van der Waals surface area contributed by atoms with Crippen molar-refractivity contribution in [2.75, 3.05) is 10.6 Å². The summed E-state index contributed by atoms with van der Waals surface area (Å²) in [7, 11) is -3.61. The average Bonchev–Trinajstić information content (AvgIpc) is 2.62. The van der Waals surface area contributed by atoms with Crippen LogP contribution in [0.3, 0.4) is 0 Å². The number of aryl methyl sites for hydroxylation is 2. The first-order valence-corrected chi connectivity index (χ1v) is 10.9. The summed E-state index contributed by atoms with van der Waals surface area (Å²) in [5, 5.41) is 2.92. The van der Waals surface area contributed by atoms with Crippen molar-refractivity contribution in [3.05, 3.63) is 65.2 Å². The van der Waals surface area contributed by atoms with E-state index in [0.29, 0.717) is 5.69 Å². The number of anilines is 1. The Morgan fingerprint density at radius 3 is 2.07 bits per heavy atom. The summed E-state index contributed by atoms with van der Waals surface area (Å²) in [5.74, 6) is -0.340. The largest absolute Gasteiger partial charge is 0.348 e. The Bertz CT molecular complexity index is 875. The summed E-state index contributed by atoms with van der Waals surface area (Å²) in [4.78, 5) is 12.8. The number of rotatable bonds is 7. The molecule has 2 aromatic carbocycles. The first-order chi connectivity index (χ1) is 12.6. The molecular formula is C21H28N2O3S. The molecule has 6 heteroatoms. The maximum atomic E-state index is 12.8. The van der Waals surface area contributed by atoms with Gasteiger partial charge in [-0.1, -0.05) is 48.9 Å². The number of nitrogens with one attached hydrogen (secondary N) is 1. The van der Waals surface area contributed by atoms with Gasteiger partial charge in [0.2, 0.25) is 15.9 Å². The van der Waals surface area contributed by atoms with E-state index in [2.05, 4.69) is 12.2 Å². The Hall–Kier alpha value is -2.34. The van der Waals surface area contributed by atoms with Crippen LogP contribution in [0.15, 0.2) is 48.5 Å². The van der Waals surface area contributed by atoms with Crippen LogP contribution >= 0.6 is 0 Å². The van der Waals surface area contributed by atoms with Crippen molar-refractivity contribution in [3.8, 4) is 0 Å². The smallest absolute Gasteiger partial charge is 0.244 e. The fourth-order valence-corrected chi connectivity index (χ4v) is 4.13. The van der Waals surface area contributed by atoms with Crippen molar-refractivity contribution in [1.82, 2.24) is 5.32 Å². The highest BCUT2D eigenvalue weighted by molar-refractivity contribution is 7.92. The molecule has 2 rings (SSSR count). The van der Waals surface area contributed by atoms with Crippen molar-refractivity contribution < 1.29 is 13.2 Å². The molecule has 5 nitrogen and oxygen atoms in total. The molecule has 0 aliphatic rings. The molecule has 1 amide bonds. The Kier molecular flexibility index (Phi) is 6.65. The maximum Gasteiger partial charge on any atom is 0.244 e. The molecule has 0 aliphatic carbocycles. The van der Waals surface area contributed by atoms with Crippen LogP contribution in [-0.2, 0) is 21.2 Å². The maximum absolute atomic E-state index is 12.8. The fourth-order valence-electron chi connectivity index (χ4n) is 2.96. The van der Waals surface area contributed by atoms with Crippen LogP contribution in [0.1, 0.15) is 43.5 Å². The van der Waals surface area contributed by atoms with Crippen molar-refractivity contribution in [1.29, 1.82) is 0 Å². The first kappa shape index (κ1) is 21.0. The predicted octanol–water partition coefficient (Wildman–Crippen LogP) is 3.59. The first-order valence-electron chi connectivity index (χ1n) is 9.08. The normalized spacial score (nSPS) is 13.7. The Morgan fingerprint density at radius 2 is 1.59 bits per heavy atom. The SMILES string of the molecule is CCc1ccc([C@H](C)NC(=O)[C@@H](C)N(c2ccc(C)cc2)S(C)(=O)=O)cc1. The second-order valence-electron chi connectivity index (χ2n) is 6.90. The molecule has 0 saturated carbocycles. The lowest BCUT2D eigenvalue weighted by atomic mass is 10.0. The zero-order valence-corrected chi connectivity index (χ0v) is 17.4. The topological polar surface area (TPSA) is 66.5 Å². The van der Waals surface area contributed by atoms with Gasteiger partial charge in [0, 0.05) is 0 Å². The van der Waals surface area contributed by atoms with Gasteiger partial charge in [0.1, 0.15) is 6.04 Å². The van der Waals surface area contributed by atoms with Gasteiger partial charge in [-0.25, -0.2) is 8.42 Å². The molecule has 0 aromatic heterocycles.